The van der Waals surface area contributed by atoms with E-state index in [1.54, 1.807) is 6.34 Å². The molecule has 8 heavy (non-hydrogen) atoms. The second-order valence-electron chi connectivity index (χ2n) is 1.51. The number of nitrogens with zero attached hydrogens (tertiary/aromatic N) is 2. The molecule has 0 saturated heterocycles. The summed E-state index contributed by atoms with van der Waals surface area (Å²) in [6.45, 7) is 0. The molecular weight excluding hydrogens is 124 g/mol. The molecule has 0 bridgehead atoms. The second-order valence-corrected chi connectivity index (χ2v) is 2.38. The number of hydrogen-bond donors (Lipinski definition) is 2. The smallest absolute Gasteiger partial charge is 0.162 e. The Hall–Kier alpha value is -0.260. The molecule has 0 spiro atoms. The molecule has 1 heterocycles. The van der Waals surface area contributed by atoms with E-state index in [2.05, 4.69) is 9.82 Å². The van der Waals surface area contributed by atoms with Gasteiger partial charge >= 0.3 is 0 Å². The van der Waals surface area contributed by atoms with Gasteiger partial charge in [0.1, 0.15) is 6.34 Å². The predicted octanol–water partition coefficient (Wildman–Crippen LogP) is -0.645. The van der Waals surface area contributed by atoms with Crippen LogP contribution in [0.1, 0.15) is 0 Å². The molecule has 0 radical (unpaired) electrons. The van der Waals surface area contributed by atoms with E-state index < -0.39 is 0 Å². The Kier molecular flexibility index (Phi) is 1.72. The molecular formula is C3H8N4S. The fraction of sp³-hybridized carbons (Fsp3) is 0.667. The first-order chi connectivity index (χ1) is 3.84. The minimum absolute atomic E-state index is 0.120. The monoisotopic (exact) mass is 132 g/mol. The average Bonchev–Trinajstić information content (AvgIpc) is 2.14. The first kappa shape index (κ1) is 5.87. The summed E-state index contributed by atoms with van der Waals surface area (Å²) in [6, 6.07) is 0. The van der Waals surface area contributed by atoms with Crippen molar-refractivity contribution in [1.29, 1.82) is 0 Å². The van der Waals surface area contributed by atoms with Gasteiger partial charge in [-0.05, 0) is 0 Å². The molecule has 1 aliphatic rings. The molecule has 0 aromatic heterocycles. The Labute approximate surface area is 52.2 Å². The van der Waals surface area contributed by atoms with E-state index >= 15 is 0 Å². The normalized spacial score (nSPS) is 27.2. The molecule has 0 fully saturated rings. The molecule has 0 saturated carbocycles. The molecule has 0 aromatic rings. The molecule has 1 unspecified atom stereocenters. The first-order valence-corrected chi connectivity index (χ1v) is 3.05. The van der Waals surface area contributed by atoms with Crippen LogP contribution in [-0.2, 0) is 0 Å². The van der Waals surface area contributed by atoms with Crippen molar-refractivity contribution in [1.82, 2.24) is 10.3 Å². The minimum Gasteiger partial charge on any atom is -0.338 e. The summed E-state index contributed by atoms with van der Waals surface area (Å²) >= 11 is 1.41. The molecule has 46 valence electrons. The van der Waals surface area contributed by atoms with Crippen LogP contribution in [0.15, 0.2) is 4.40 Å². The van der Waals surface area contributed by atoms with Crippen LogP contribution >= 0.6 is 11.9 Å². The standard InChI is InChI=1S/C3H8N4S/c1-7-2-5-8-3(7)6-4/h2-3,6H,4H2,1H3. The van der Waals surface area contributed by atoms with E-state index in [0.717, 1.165) is 0 Å². The third kappa shape index (κ3) is 0.936. The van der Waals surface area contributed by atoms with Gasteiger partial charge in [0, 0.05) is 19.0 Å². The highest BCUT2D eigenvalue weighted by Gasteiger charge is 2.14. The number of hydrogen-bond acceptors (Lipinski definition) is 5. The fourth-order valence-electron chi connectivity index (χ4n) is 0.442. The first-order valence-electron chi connectivity index (χ1n) is 2.22. The van der Waals surface area contributed by atoms with Crippen LogP contribution in [0.5, 0.6) is 0 Å². The van der Waals surface area contributed by atoms with Gasteiger partial charge in [-0.3, -0.25) is 5.84 Å². The molecule has 5 heteroatoms. The second kappa shape index (κ2) is 2.34. The van der Waals surface area contributed by atoms with Crippen molar-refractivity contribution in [3.05, 3.63) is 0 Å². The van der Waals surface area contributed by atoms with Gasteiger partial charge in [0.2, 0.25) is 0 Å². The predicted molar refractivity (Wildman–Crippen MR) is 35.0 cm³/mol. The molecule has 4 nitrogen and oxygen atoms in total. The van der Waals surface area contributed by atoms with Crippen molar-refractivity contribution in [2.24, 2.45) is 10.2 Å². The molecule has 0 aliphatic carbocycles. The summed E-state index contributed by atoms with van der Waals surface area (Å²) in [6.07, 6.45) is 1.73. The molecule has 1 atom stereocenters. The van der Waals surface area contributed by atoms with Crippen molar-refractivity contribution < 1.29 is 0 Å². The van der Waals surface area contributed by atoms with Gasteiger partial charge in [-0.1, -0.05) is 0 Å². The van der Waals surface area contributed by atoms with Crippen molar-refractivity contribution in [2.45, 2.75) is 5.50 Å². The third-order valence-electron chi connectivity index (χ3n) is 0.902. The minimum atomic E-state index is 0.120. The molecule has 1 aliphatic heterocycles. The van der Waals surface area contributed by atoms with Gasteiger partial charge in [0.05, 0.1) is 0 Å². The van der Waals surface area contributed by atoms with E-state index in [9.17, 15) is 0 Å². The summed E-state index contributed by atoms with van der Waals surface area (Å²) in [5, 5.41) is 0. The zero-order chi connectivity index (χ0) is 5.98. The van der Waals surface area contributed by atoms with Crippen LogP contribution in [-0.4, -0.2) is 23.8 Å². The van der Waals surface area contributed by atoms with Crippen LogP contribution < -0.4 is 11.3 Å². The number of hydrazine groups is 1. The van der Waals surface area contributed by atoms with E-state index in [0.29, 0.717) is 0 Å². The summed E-state index contributed by atoms with van der Waals surface area (Å²) in [4.78, 5) is 1.89. The van der Waals surface area contributed by atoms with Crippen molar-refractivity contribution in [2.75, 3.05) is 7.05 Å². The van der Waals surface area contributed by atoms with Gasteiger partial charge in [-0.2, -0.15) is 0 Å². The van der Waals surface area contributed by atoms with Crippen LogP contribution in [0.25, 0.3) is 0 Å². The van der Waals surface area contributed by atoms with Crippen molar-refractivity contribution in [3.63, 3.8) is 0 Å². The lowest BCUT2D eigenvalue weighted by molar-refractivity contribution is 0.433. The lowest BCUT2D eigenvalue weighted by Crippen LogP contribution is -2.41. The maximum absolute atomic E-state index is 5.13. The highest BCUT2D eigenvalue weighted by atomic mass is 32.2. The Balaban J connectivity index is 2.38. The lowest BCUT2D eigenvalue weighted by Gasteiger charge is -2.14. The maximum Gasteiger partial charge on any atom is 0.162 e. The van der Waals surface area contributed by atoms with E-state index in [1.807, 2.05) is 11.9 Å². The van der Waals surface area contributed by atoms with Crippen molar-refractivity contribution >= 4 is 18.3 Å². The van der Waals surface area contributed by atoms with Gasteiger partial charge < -0.3 is 4.90 Å². The Morgan fingerprint density at radius 1 is 2.00 bits per heavy atom. The summed E-state index contributed by atoms with van der Waals surface area (Å²) in [7, 11) is 1.91. The fourth-order valence-corrected chi connectivity index (χ4v) is 1.02. The summed E-state index contributed by atoms with van der Waals surface area (Å²) in [5.41, 5.74) is 2.70. The quantitative estimate of drug-likeness (QED) is 0.283. The van der Waals surface area contributed by atoms with Crippen LogP contribution in [0, 0.1) is 0 Å². The SMILES string of the molecule is CN1C=NSC1NN. The maximum atomic E-state index is 5.13. The van der Waals surface area contributed by atoms with Crippen LogP contribution in [0.3, 0.4) is 0 Å². The zero-order valence-electron chi connectivity index (χ0n) is 4.53. The van der Waals surface area contributed by atoms with Crippen LogP contribution in [0.4, 0.5) is 0 Å². The number of rotatable bonds is 1. The Bertz CT molecular complexity index is 103. The molecule has 3 N–H and O–H groups in total. The zero-order valence-corrected chi connectivity index (χ0v) is 5.35. The van der Waals surface area contributed by atoms with Gasteiger partial charge in [0.15, 0.2) is 5.50 Å². The van der Waals surface area contributed by atoms with Gasteiger partial charge in [0.25, 0.3) is 0 Å². The summed E-state index contributed by atoms with van der Waals surface area (Å²) < 4.78 is 3.89. The van der Waals surface area contributed by atoms with E-state index in [1.165, 1.54) is 11.9 Å². The third-order valence-corrected chi connectivity index (χ3v) is 1.79. The highest BCUT2D eigenvalue weighted by molar-refractivity contribution is 7.98. The van der Waals surface area contributed by atoms with Crippen molar-refractivity contribution in [3.8, 4) is 0 Å². The molecule has 0 amide bonds. The van der Waals surface area contributed by atoms with E-state index in [4.69, 9.17) is 5.84 Å². The molecule has 1 rings (SSSR count). The largest absolute Gasteiger partial charge is 0.338 e. The number of nitrogens with one attached hydrogen (secondary N) is 1. The topological polar surface area (TPSA) is 53.6 Å². The lowest BCUT2D eigenvalue weighted by atomic mass is 10.9. The number of nitrogens with two attached hydrogens (primary N) is 1. The van der Waals surface area contributed by atoms with E-state index in [-0.39, 0.29) is 5.50 Å². The van der Waals surface area contributed by atoms with Gasteiger partial charge in [-0.25, -0.2) is 9.82 Å². The van der Waals surface area contributed by atoms with Gasteiger partial charge in [-0.15, -0.1) is 0 Å². The Morgan fingerprint density at radius 2 is 2.75 bits per heavy atom. The summed E-state index contributed by atoms with van der Waals surface area (Å²) in [5.74, 6) is 5.13. The Morgan fingerprint density at radius 3 is 3.00 bits per heavy atom. The molecule has 0 aromatic carbocycles. The average molecular weight is 132 g/mol. The van der Waals surface area contributed by atoms with Crippen LogP contribution in [0.2, 0.25) is 0 Å². The highest BCUT2D eigenvalue weighted by Crippen LogP contribution is 2.15.